The first-order valence-electron chi connectivity index (χ1n) is 5.96. The summed E-state index contributed by atoms with van der Waals surface area (Å²) in [5.41, 5.74) is 1.71. The minimum absolute atomic E-state index is 0.122. The zero-order valence-electron chi connectivity index (χ0n) is 11.1. The minimum Gasteiger partial charge on any atom is -0.495 e. The molecule has 0 atom stereocenters. The van der Waals surface area contributed by atoms with E-state index in [9.17, 15) is 14.3 Å². The number of carbonyl (C=O) groups is 1. The van der Waals surface area contributed by atoms with E-state index < -0.39 is 11.8 Å². The zero-order chi connectivity index (χ0) is 14.7. The highest BCUT2D eigenvalue weighted by molar-refractivity contribution is 5.95. The molecule has 20 heavy (non-hydrogen) atoms. The summed E-state index contributed by atoms with van der Waals surface area (Å²) in [5, 5.41) is 12.1. The van der Waals surface area contributed by atoms with Gasteiger partial charge in [0.1, 0.15) is 11.6 Å². The van der Waals surface area contributed by atoms with Crippen LogP contribution in [0.3, 0.4) is 0 Å². The largest absolute Gasteiger partial charge is 0.495 e. The normalized spacial score (nSPS) is 10.2. The van der Waals surface area contributed by atoms with Gasteiger partial charge in [0.25, 0.3) is 0 Å². The van der Waals surface area contributed by atoms with E-state index in [1.807, 2.05) is 0 Å². The van der Waals surface area contributed by atoms with E-state index in [1.54, 1.807) is 25.1 Å². The highest BCUT2D eigenvalue weighted by Crippen LogP contribution is 2.30. The lowest BCUT2D eigenvalue weighted by Crippen LogP contribution is -2.04. The summed E-state index contributed by atoms with van der Waals surface area (Å²) >= 11 is 0. The van der Waals surface area contributed by atoms with Crippen molar-refractivity contribution in [3.8, 4) is 5.75 Å². The Morgan fingerprint density at radius 1 is 1.20 bits per heavy atom. The summed E-state index contributed by atoms with van der Waals surface area (Å²) < 4.78 is 18.4. The van der Waals surface area contributed by atoms with E-state index in [4.69, 9.17) is 4.74 Å². The Kier molecular flexibility index (Phi) is 3.89. The van der Waals surface area contributed by atoms with Crippen molar-refractivity contribution in [3.05, 3.63) is 53.3 Å². The van der Waals surface area contributed by atoms with Crippen molar-refractivity contribution in [2.45, 2.75) is 6.92 Å². The molecule has 0 fully saturated rings. The summed E-state index contributed by atoms with van der Waals surface area (Å²) in [7, 11) is 1.46. The van der Waals surface area contributed by atoms with E-state index in [0.717, 1.165) is 5.56 Å². The average Bonchev–Trinajstić information content (AvgIpc) is 2.41. The number of halogens is 1. The maximum absolute atomic E-state index is 13.3. The van der Waals surface area contributed by atoms with Crippen molar-refractivity contribution in [3.63, 3.8) is 0 Å². The van der Waals surface area contributed by atoms with E-state index in [0.29, 0.717) is 17.1 Å². The fraction of sp³-hybridized carbons (Fsp3) is 0.133. The van der Waals surface area contributed by atoms with Crippen LogP contribution in [0.25, 0.3) is 0 Å². The molecule has 0 aromatic heterocycles. The van der Waals surface area contributed by atoms with Crippen LogP contribution < -0.4 is 10.1 Å². The molecule has 104 valence electrons. The first-order valence-corrected chi connectivity index (χ1v) is 5.96. The van der Waals surface area contributed by atoms with E-state index in [2.05, 4.69) is 5.32 Å². The number of rotatable bonds is 4. The molecule has 0 saturated carbocycles. The number of ether oxygens (including phenoxy) is 1. The van der Waals surface area contributed by atoms with Gasteiger partial charge in [0, 0.05) is 6.07 Å². The van der Waals surface area contributed by atoms with Crippen LogP contribution in [0, 0.1) is 12.7 Å². The predicted molar refractivity (Wildman–Crippen MR) is 74.4 cm³/mol. The second kappa shape index (κ2) is 5.61. The van der Waals surface area contributed by atoms with Crippen molar-refractivity contribution < 1.29 is 19.0 Å². The Labute approximate surface area is 115 Å². The molecule has 2 aromatic carbocycles. The van der Waals surface area contributed by atoms with Gasteiger partial charge in [-0.05, 0) is 31.2 Å². The molecule has 0 spiro atoms. The monoisotopic (exact) mass is 275 g/mol. The van der Waals surface area contributed by atoms with Gasteiger partial charge >= 0.3 is 5.97 Å². The summed E-state index contributed by atoms with van der Waals surface area (Å²) in [6, 6.07) is 8.98. The third-order valence-electron chi connectivity index (χ3n) is 2.84. The van der Waals surface area contributed by atoms with Crippen molar-refractivity contribution in [1.29, 1.82) is 0 Å². The molecule has 5 heteroatoms. The van der Waals surface area contributed by atoms with Crippen LogP contribution in [0.4, 0.5) is 15.8 Å². The number of anilines is 2. The minimum atomic E-state index is -1.05. The predicted octanol–water partition coefficient (Wildman–Crippen LogP) is 3.58. The van der Waals surface area contributed by atoms with E-state index >= 15 is 0 Å². The fourth-order valence-electron chi connectivity index (χ4n) is 1.87. The summed E-state index contributed by atoms with van der Waals surface area (Å²) in [6.45, 7) is 1.80. The van der Waals surface area contributed by atoms with Gasteiger partial charge in [0.2, 0.25) is 0 Å². The standard InChI is InChI=1S/C15H14FNO3/c1-9-3-5-12(11(7-9)15(18)19)17-13-8-10(16)4-6-14(13)20-2/h3-8,17H,1-2H3,(H,18,19). The van der Waals surface area contributed by atoms with Crippen LogP contribution in [0.15, 0.2) is 36.4 Å². The maximum Gasteiger partial charge on any atom is 0.337 e. The Bertz CT molecular complexity index is 656. The van der Waals surface area contributed by atoms with Gasteiger partial charge in [0.15, 0.2) is 0 Å². The molecule has 0 aliphatic heterocycles. The summed E-state index contributed by atoms with van der Waals surface area (Å²) in [5.74, 6) is -1.05. The van der Waals surface area contributed by atoms with Gasteiger partial charge in [-0.2, -0.15) is 0 Å². The first kappa shape index (κ1) is 13.9. The molecule has 0 saturated heterocycles. The van der Waals surface area contributed by atoms with Gasteiger partial charge in [-0.3, -0.25) is 0 Å². The third-order valence-corrected chi connectivity index (χ3v) is 2.84. The molecule has 0 amide bonds. The summed E-state index contributed by atoms with van der Waals surface area (Å²) in [4.78, 5) is 11.2. The molecule has 4 nitrogen and oxygen atoms in total. The Morgan fingerprint density at radius 3 is 2.60 bits per heavy atom. The Hall–Kier alpha value is -2.56. The van der Waals surface area contributed by atoms with Crippen LogP contribution in [-0.2, 0) is 0 Å². The SMILES string of the molecule is COc1ccc(F)cc1Nc1ccc(C)cc1C(=O)O. The molecule has 2 N–H and O–H groups in total. The van der Waals surface area contributed by atoms with Crippen LogP contribution in [0.2, 0.25) is 0 Å². The third kappa shape index (κ3) is 2.88. The number of carboxylic acid groups (broad SMARTS) is 1. The number of hydrogen-bond donors (Lipinski definition) is 2. The lowest BCUT2D eigenvalue weighted by atomic mass is 10.1. The maximum atomic E-state index is 13.3. The molecule has 0 bridgehead atoms. The number of methoxy groups -OCH3 is 1. The second-order valence-electron chi connectivity index (χ2n) is 4.32. The number of benzene rings is 2. The fourth-order valence-corrected chi connectivity index (χ4v) is 1.87. The number of carboxylic acids is 1. The number of nitrogens with one attached hydrogen (secondary N) is 1. The average molecular weight is 275 g/mol. The Balaban J connectivity index is 2.44. The van der Waals surface area contributed by atoms with Gasteiger partial charge in [-0.25, -0.2) is 9.18 Å². The molecule has 2 rings (SSSR count). The van der Waals surface area contributed by atoms with Crippen LogP contribution in [0.1, 0.15) is 15.9 Å². The molecular weight excluding hydrogens is 261 g/mol. The summed E-state index contributed by atoms with van der Waals surface area (Å²) in [6.07, 6.45) is 0. The number of hydrogen-bond acceptors (Lipinski definition) is 3. The van der Waals surface area contributed by atoms with Crippen molar-refractivity contribution in [2.24, 2.45) is 0 Å². The second-order valence-corrected chi connectivity index (χ2v) is 4.32. The molecule has 2 aromatic rings. The molecule has 0 heterocycles. The van der Waals surface area contributed by atoms with E-state index in [-0.39, 0.29) is 5.56 Å². The van der Waals surface area contributed by atoms with Crippen LogP contribution in [0.5, 0.6) is 5.75 Å². The lowest BCUT2D eigenvalue weighted by molar-refractivity contribution is 0.0698. The molecular formula is C15H14FNO3. The number of aromatic carboxylic acids is 1. The van der Waals surface area contributed by atoms with E-state index in [1.165, 1.54) is 25.3 Å². The molecule has 0 unspecified atom stereocenters. The van der Waals surface area contributed by atoms with Gasteiger partial charge < -0.3 is 15.2 Å². The quantitative estimate of drug-likeness (QED) is 0.895. The van der Waals surface area contributed by atoms with Gasteiger partial charge in [0.05, 0.1) is 24.0 Å². The van der Waals surface area contributed by atoms with Crippen molar-refractivity contribution >= 4 is 17.3 Å². The zero-order valence-corrected chi connectivity index (χ0v) is 11.1. The highest BCUT2D eigenvalue weighted by atomic mass is 19.1. The van der Waals surface area contributed by atoms with Gasteiger partial charge in [-0.15, -0.1) is 0 Å². The van der Waals surface area contributed by atoms with Crippen LogP contribution in [-0.4, -0.2) is 18.2 Å². The van der Waals surface area contributed by atoms with Crippen molar-refractivity contribution in [1.82, 2.24) is 0 Å². The lowest BCUT2D eigenvalue weighted by Gasteiger charge is -2.13. The topological polar surface area (TPSA) is 58.6 Å². The van der Waals surface area contributed by atoms with Crippen LogP contribution >= 0.6 is 0 Å². The number of aryl methyl sites for hydroxylation is 1. The first-order chi connectivity index (χ1) is 9.51. The van der Waals surface area contributed by atoms with Gasteiger partial charge in [-0.1, -0.05) is 11.6 Å². The highest BCUT2D eigenvalue weighted by Gasteiger charge is 2.12. The molecule has 0 aliphatic rings. The Morgan fingerprint density at radius 2 is 1.95 bits per heavy atom. The molecule has 0 aliphatic carbocycles. The molecule has 0 radical (unpaired) electrons. The van der Waals surface area contributed by atoms with Crippen molar-refractivity contribution in [2.75, 3.05) is 12.4 Å². The smallest absolute Gasteiger partial charge is 0.337 e.